The van der Waals surface area contributed by atoms with E-state index >= 15 is 0 Å². The zero-order valence-corrected chi connectivity index (χ0v) is 24.1. The van der Waals surface area contributed by atoms with Crippen LogP contribution in [0, 0.1) is 0 Å². The maximum atomic E-state index is 12.5. The Morgan fingerprint density at radius 3 is 1.62 bits per heavy atom. The number of rotatable bonds is 18. The van der Waals surface area contributed by atoms with Crippen LogP contribution in [0.15, 0.2) is 12.1 Å². The summed E-state index contributed by atoms with van der Waals surface area (Å²) in [5.41, 5.74) is 0. The van der Waals surface area contributed by atoms with Crippen LogP contribution in [-0.2, 0) is 14.4 Å². The molecular weight excluding hydrogens is 516 g/mol. The van der Waals surface area contributed by atoms with Crippen LogP contribution in [0.4, 0.5) is 0 Å². The Labute approximate surface area is 236 Å². The molecule has 0 radical (unpaired) electrons. The standard InChI is InChI=1S/C31H44O9/c1-4-7-8-9-10-11-12-13-14-15-16-17-18-25(34)40-31-28(36)26-21(27(35)29(31)37)19-20-22(38-23(32)5-2)30(26)39-24(33)6-3/h19-20,35-37H,4-18H2,1-3H3. The lowest BCUT2D eigenvalue weighted by atomic mass is 10.0. The summed E-state index contributed by atoms with van der Waals surface area (Å²) < 4.78 is 15.8. The predicted octanol–water partition coefficient (Wildman–Crippen LogP) is 7.58. The third-order valence-electron chi connectivity index (χ3n) is 6.74. The van der Waals surface area contributed by atoms with E-state index in [-0.39, 0.29) is 41.5 Å². The molecular formula is C31H44O9. The molecule has 222 valence electrons. The van der Waals surface area contributed by atoms with Crippen molar-refractivity contribution in [2.45, 2.75) is 117 Å². The number of phenols is 3. The van der Waals surface area contributed by atoms with E-state index in [0.29, 0.717) is 6.42 Å². The molecule has 0 aromatic heterocycles. The third-order valence-corrected chi connectivity index (χ3v) is 6.74. The molecule has 0 aliphatic rings. The van der Waals surface area contributed by atoms with E-state index in [0.717, 1.165) is 19.3 Å². The summed E-state index contributed by atoms with van der Waals surface area (Å²) in [4.78, 5) is 36.6. The summed E-state index contributed by atoms with van der Waals surface area (Å²) in [5, 5.41) is 31.7. The lowest BCUT2D eigenvalue weighted by molar-refractivity contribution is -0.136. The lowest BCUT2D eigenvalue weighted by Gasteiger charge is -2.17. The smallest absolute Gasteiger partial charge is 0.311 e. The Bertz CT molecular complexity index is 1140. The van der Waals surface area contributed by atoms with Gasteiger partial charge in [0, 0.05) is 24.6 Å². The maximum Gasteiger partial charge on any atom is 0.311 e. The zero-order chi connectivity index (χ0) is 29.5. The molecule has 0 saturated heterocycles. The van der Waals surface area contributed by atoms with Gasteiger partial charge in [0.2, 0.25) is 11.5 Å². The summed E-state index contributed by atoms with van der Waals surface area (Å²) in [6.45, 7) is 5.35. The molecule has 9 heteroatoms. The summed E-state index contributed by atoms with van der Waals surface area (Å²) in [7, 11) is 0. The van der Waals surface area contributed by atoms with E-state index in [2.05, 4.69) is 6.92 Å². The highest BCUT2D eigenvalue weighted by Gasteiger charge is 2.28. The average molecular weight is 561 g/mol. The third kappa shape index (κ3) is 9.61. The van der Waals surface area contributed by atoms with Crippen LogP contribution in [-0.4, -0.2) is 33.2 Å². The fraction of sp³-hybridized carbons (Fsp3) is 0.581. The molecule has 0 aliphatic heterocycles. The highest BCUT2D eigenvalue weighted by atomic mass is 16.6. The van der Waals surface area contributed by atoms with Crippen molar-refractivity contribution in [3.05, 3.63) is 12.1 Å². The number of unbranched alkanes of at least 4 members (excludes halogenated alkanes) is 11. The number of aromatic hydroxyl groups is 3. The SMILES string of the molecule is CCCCCCCCCCCCCCC(=O)Oc1c(O)c(O)c2ccc(OC(=O)CC)c(OC(=O)CC)c2c1O. The molecule has 0 amide bonds. The molecule has 0 unspecified atom stereocenters. The summed E-state index contributed by atoms with van der Waals surface area (Å²) in [6.07, 6.45) is 13.8. The Morgan fingerprint density at radius 1 is 0.575 bits per heavy atom. The van der Waals surface area contributed by atoms with Crippen LogP contribution in [0.5, 0.6) is 34.5 Å². The van der Waals surface area contributed by atoms with Gasteiger partial charge in [0.25, 0.3) is 0 Å². The first kappa shape index (κ1) is 32.7. The summed E-state index contributed by atoms with van der Waals surface area (Å²) >= 11 is 0. The normalized spacial score (nSPS) is 11.0. The van der Waals surface area contributed by atoms with Crippen LogP contribution < -0.4 is 14.2 Å². The van der Waals surface area contributed by atoms with Gasteiger partial charge in [0.15, 0.2) is 23.0 Å². The van der Waals surface area contributed by atoms with Crippen molar-refractivity contribution in [2.24, 2.45) is 0 Å². The number of esters is 3. The van der Waals surface area contributed by atoms with Crippen molar-refractivity contribution in [3.8, 4) is 34.5 Å². The summed E-state index contributed by atoms with van der Waals surface area (Å²) in [6, 6.07) is 2.55. The van der Waals surface area contributed by atoms with Gasteiger partial charge < -0.3 is 29.5 Å². The monoisotopic (exact) mass is 560 g/mol. The molecule has 0 saturated carbocycles. The first-order chi connectivity index (χ1) is 19.2. The molecule has 9 nitrogen and oxygen atoms in total. The first-order valence-electron chi connectivity index (χ1n) is 14.6. The maximum absolute atomic E-state index is 12.5. The minimum absolute atomic E-state index is 0.0245. The van der Waals surface area contributed by atoms with Crippen LogP contribution in [0.25, 0.3) is 10.8 Å². The number of fused-ring (bicyclic) bond motifs is 1. The Balaban J connectivity index is 2.05. The minimum atomic E-state index is -0.834. The summed E-state index contributed by atoms with van der Waals surface area (Å²) in [5.74, 6) is -5.45. The lowest BCUT2D eigenvalue weighted by Crippen LogP contribution is -2.11. The first-order valence-corrected chi connectivity index (χ1v) is 14.6. The molecule has 0 fully saturated rings. The Kier molecular flexibility index (Phi) is 14.1. The second-order valence-electron chi connectivity index (χ2n) is 9.96. The second-order valence-corrected chi connectivity index (χ2v) is 9.96. The van der Waals surface area contributed by atoms with E-state index in [4.69, 9.17) is 14.2 Å². The number of hydrogen-bond acceptors (Lipinski definition) is 9. The molecule has 40 heavy (non-hydrogen) atoms. The van der Waals surface area contributed by atoms with E-state index in [1.54, 1.807) is 13.8 Å². The van der Waals surface area contributed by atoms with Crippen molar-refractivity contribution >= 4 is 28.7 Å². The largest absolute Gasteiger partial charge is 0.504 e. The number of carbonyl (C=O) groups excluding carboxylic acids is 3. The minimum Gasteiger partial charge on any atom is -0.504 e. The molecule has 0 bridgehead atoms. The highest BCUT2D eigenvalue weighted by Crippen LogP contribution is 2.54. The fourth-order valence-corrected chi connectivity index (χ4v) is 4.39. The van der Waals surface area contributed by atoms with Gasteiger partial charge in [-0.1, -0.05) is 91.4 Å². The Hall–Kier alpha value is -3.49. The Morgan fingerprint density at radius 2 is 1.07 bits per heavy atom. The van der Waals surface area contributed by atoms with Gasteiger partial charge in [0.1, 0.15) is 0 Å². The molecule has 3 N–H and O–H groups in total. The van der Waals surface area contributed by atoms with E-state index in [1.807, 2.05) is 0 Å². The molecule has 0 aliphatic carbocycles. The number of benzene rings is 2. The number of hydrogen-bond donors (Lipinski definition) is 3. The number of carbonyl (C=O) groups is 3. The van der Waals surface area contributed by atoms with Gasteiger partial charge in [-0.25, -0.2) is 0 Å². The van der Waals surface area contributed by atoms with E-state index in [9.17, 15) is 29.7 Å². The van der Waals surface area contributed by atoms with E-state index in [1.165, 1.54) is 63.5 Å². The highest BCUT2D eigenvalue weighted by molar-refractivity contribution is 6.05. The van der Waals surface area contributed by atoms with Gasteiger partial charge in [-0.3, -0.25) is 14.4 Å². The van der Waals surface area contributed by atoms with Gasteiger partial charge in [-0.2, -0.15) is 0 Å². The van der Waals surface area contributed by atoms with Gasteiger partial charge in [0.05, 0.1) is 5.39 Å². The van der Waals surface area contributed by atoms with Crippen molar-refractivity contribution in [3.63, 3.8) is 0 Å². The van der Waals surface area contributed by atoms with Crippen molar-refractivity contribution in [2.75, 3.05) is 0 Å². The van der Waals surface area contributed by atoms with Gasteiger partial charge in [-0.05, 0) is 18.6 Å². The van der Waals surface area contributed by atoms with Crippen LogP contribution in [0.2, 0.25) is 0 Å². The molecule has 2 aromatic carbocycles. The fourth-order valence-electron chi connectivity index (χ4n) is 4.39. The van der Waals surface area contributed by atoms with E-state index < -0.39 is 40.9 Å². The predicted molar refractivity (Wildman–Crippen MR) is 152 cm³/mol. The molecule has 2 aromatic rings. The topological polar surface area (TPSA) is 140 Å². The molecule has 2 rings (SSSR count). The number of phenolic OH excluding ortho intramolecular Hbond substituents is 3. The van der Waals surface area contributed by atoms with Crippen LogP contribution in [0.1, 0.15) is 117 Å². The van der Waals surface area contributed by atoms with Crippen molar-refractivity contribution in [1.82, 2.24) is 0 Å². The molecule has 0 heterocycles. The van der Waals surface area contributed by atoms with Crippen LogP contribution in [0.3, 0.4) is 0 Å². The van der Waals surface area contributed by atoms with Crippen LogP contribution >= 0.6 is 0 Å². The zero-order valence-electron chi connectivity index (χ0n) is 24.1. The average Bonchev–Trinajstić information content (AvgIpc) is 2.95. The van der Waals surface area contributed by atoms with Gasteiger partial charge >= 0.3 is 17.9 Å². The van der Waals surface area contributed by atoms with Gasteiger partial charge in [-0.15, -0.1) is 0 Å². The quantitative estimate of drug-likeness (QED) is 0.0553. The second kappa shape index (κ2) is 17.3. The van der Waals surface area contributed by atoms with Crippen molar-refractivity contribution < 1.29 is 43.9 Å². The molecule has 0 atom stereocenters. The number of ether oxygens (including phenoxy) is 3. The molecule has 0 spiro atoms. The van der Waals surface area contributed by atoms with Crippen molar-refractivity contribution in [1.29, 1.82) is 0 Å².